The van der Waals surface area contributed by atoms with E-state index in [4.69, 9.17) is 4.74 Å². The monoisotopic (exact) mass is 396 g/mol. The zero-order chi connectivity index (χ0) is 19.4. The van der Waals surface area contributed by atoms with Crippen molar-refractivity contribution >= 4 is 29.4 Å². The molecule has 0 bridgehead atoms. The van der Waals surface area contributed by atoms with Gasteiger partial charge in [0.05, 0.1) is 23.0 Å². The molecule has 0 radical (unpaired) electrons. The van der Waals surface area contributed by atoms with E-state index in [1.165, 1.54) is 6.07 Å². The molecule has 3 rings (SSSR count). The highest BCUT2D eigenvalue weighted by Crippen LogP contribution is 2.38. The van der Waals surface area contributed by atoms with E-state index in [2.05, 4.69) is 10.6 Å². The Morgan fingerprint density at radius 2 is 1.96 bits per heavy atom. The molecule has 1 aliphatic rings. The number of carbonyl (C=O) groups excluding carboxylic acids is 2. The molecule has 2 aromatic rings. The van der Waals surface area contributed by atoms with E-state index in [-0.39, 0.29) is 18.7 Å². The van der Waals surface area contributed by atoms with E-state index in [1.54, 1.807) is 12.1 Å². The number of hydrogen-bond donors (Lipinski definition) is 2. The van der Waals surface area contributed by atoms with Crippen LogP contribution >= 0.6 is 11.8 Å². The topological polar surface area (TPSA) is 67.4 Å². The van der Waals surface area contributed by atoms with Crippen LogP contribution in [-0.2, 0) is 22.3 Å². The zero-order valence-electron chi connectivity index (χ0n) is 13.9. The summed E-state index contributed by atoms with van der Waals surface area (Å²) in [5.41, 5.74) is 0.0292. The molecule has 0 saturated carbocycles. The minimum Gasteiger partial charge on any atom is -0.445 e. The lowest BCUT2D eigenvalue weighted by Crippen LogP contribution is -2.34. The van der Waals surface area contributed by atoms with Gasteiger partial charge in [-0.1, -0.05) is 42.1 Å². The third-order valence-corrected chi connectivity index (χ3v) is 4.89. The Morgan fingerprint density at radius 1 is 1.22 bits per heavy atom. The molecule has 0 aromatic heterocycles. The molecule has 1 aliphatic heterocycles. The maximum absolute atomic E-state index is 12.8. The molecule has 0 fully saturated rings. The SMILES string of the molecule is O=C1C[C@H](NC(=O)OCc2ccccc2)Sc2ccc(C(F)(F)F)cc2N1. The maximum Gasteiger partial charge on any atom is 0.416 e. The number of thioether (sulfide) groups is 1. The van der Waals surface area contributed by atoms with Crippen LogP contribution in [0, 0.1) is 0 Å². The van der Waals surface area contributed by atoms with Crippen molar-refractivity contribution in [3.63, 3.8) is 0 Å². The number of anilines is 1. The van der Waals surface area contributed by atoms with Gasteiger partial charge in [-0.05, 0) is 23.8 Å². The van der Waals surface area contributed by atoms with E-state index >= 15 is 0 Å². The molecule has 9 heteroatoms. The Kier molecular flexibility index (Phi) is 5.59. The Hall–Kier alpha value is -2.68. The lowest BCUT2D eigenvalue weighted by Gasteiger charge is -2.15. The molecule has 1 atom stereocenters. The number of halogens is 3. The number of alkyl carbamates (subject to hydrolysis) is 1. The van der Waals surface area contributed by atoms with Crippen LogP contribution < -0.4 is 10.6 Å². The summed E-state index contributed by atoms with van der Waals surface area (Å²) in [6.07, 6.45) is -5.31. The van der Waals surface area contributed by atoms with Crippen LogP contribution in [0.3, 0.4) is 0 Å². The Bertz CT molecular complexity index is 843. The highest BCUT2D eigenvalue weighted by atomic mass is 32.2. The summed E-state index contributed by atoms with van der Waals surface area (Å²) < 4.78 is 43.6. The molecular formula is C18H15F3N2O3S. The molecule has 2 N–H and O–H groups in total. The third kappa shape index (κ3) is 5.16. The predicted octanol–water partition coefficient (Wildman–Crippen LogP) is 4.39. The summed E-state index contributed by atoms with van der Waals surface area (Å²) in [5.74, 6) is -0.492. The van der Waals surface area contributed by atoms with Crippen LogP contribution in [0.1, 0.15) is 17.5 Å². The van der Waals surface area contributed by atoms with Gasteiger partial charge in [-0.15, -0.1) is 0 Å². The highest BCUT2D eigenvalue weighted by Gasteiger charge is 2.32. The summed E-state index contributed by atoms with van der Waals surface area (Å²) in [6, 6.07) is 12.2. The Balaban J connectivity index is 1.65. The van der Waals surface area contributed by atoms with Crippen molar-refractivity contribution in [1.29, 1.82) is 0 Å². The van der Waals surface area contributed by atoms with Crippen molar-refractivity contribution in [1.82, 2.24) is 5.32 Å². The van der Waals surface area contributed by atoms with Crippen LogP contribution in [0.4, 0.5) is 23.7 Å². The fraction of sp³-hybridized carbons (Fsp3) is 0.222. The van der Waals surface area contributed by atoms with Gasteiger partial charge in [-0.3, -0.25) is 4.79 Å². The number of ether oxygens (including phenoxy) is 1. The molecule has 5 nitrogen and oxygen atoms in total. The van der Waals surface area contributed by atoms with E-state index in [0.717, 1.165) is 29.5 Å². The molecular weight excluding hydrogens is 381 g/mol. The molecule has 2 aromatic carbocycles. The summed E-state index contributed by atoms with van der Waals surface area (Å²) in [4.78, 5) is 24.4. The number of fused-ring (bicyclic) bond motifs is 1. The number of hydrogen-bond acceptors (Lipinski definition) is 4. The standard InChI is InChI=1S/C18H15F3N2O3S/c19-18(20,21)12-6-7-14-13(8-12)22-15(24)9-16(27-14)23-17(25)26-10-11-4-2-1-3-5-11/h1-8,16H,9-10H2,(H,22,24)(H,23,25)/t16-/m1/s1. The predicted molar refractivity (Wildman–Crippen MR) is 94.1 cm³/mol. The average Bonchev–Trinajstić information content (AvgIpc) is 2.76. The van der Waals surface area contributed by atoms with Crippen LogP contribution in [-0.4, -0.2) is 17.4 Å². The molecule has 1 heterocycles. The summed E-state index contributed by atoms with van der Waals surface area (Å²) in [5, 5.41) is 4.35. The average molecular weight is 396 g/mol. The van der Waals surface area contributed by atoms with Gasteiger partial charge in [-0.2, -0.15) is 13.2 Å². The number of amides is 2. The van der Waals surface area contributed by atoms with Gasteiger partial charge in [0.2, 0.25) is 5.91 Å². The summed E-state index contributed by atoms with van der Waals surface area (Å²) in [6.45, 7) is 0.0712. The Morgan fingerprint density at radius 3 is 2.67 bits per heavy atom. The van der Waals surface area contributed by atoms with Gasteiger partial charge in [0.15, 0.2) is 0 Å². The number of nitrogens with one attached hydrogen (secondary N) is 2. The van der Waals surface area contributed by atoms with Gasteiger partial charge in [0, 0.05) is 4.90 Å². The lowest BCUT2D eigenvalue weighted by molar-refractivity contribution is -0.137. The molecule has 27 heavy (non-hydrogen) atoms. The lowest BCUT2D eigenvalue weighted by atomic mass is 10.2. The van der Waals surface area contributed by atoms with Crippen LogP contribution in [0.15, 0.2) is 53.4 Å². The first-order valence-corrected chi connectivity index (χ1v) is 8.84. The first-order chi connectivity index (χ1) is 12.8. The van der Waals surface area contributed by atoms with E-state index in [9.17, 15) is 22.8 Å². The van der Waals surface area contributed by atoms with E-state index in [0.29, 0.717) is 4.90 Å². The molecule has 0 aliphatic carbocycles. The largest absolute Gasteiger partial charge is 0.445 e. The first kappa shape index (κ1) is 19.1. The first-order valence-electron chi connectivity index (χ1n) is 7.96. The normalized spacial score (nSPS) is 16.7. The quantitative estimate of drug-likeness (QED) is 0.808. The second-order valence-corrected chi connectivity index (χ2v) is 7.02. The number of benzene rings is 2. The zero-order valence-corrected chi connectivity index (χ0v) is 14.7. The van der Waals surface area contributed by atoms with Gasteiger partial charge >= 0.3 is 12.3 Å². The fourth-order valence-electron chi connectivity index (χ4n) is 2.45. The number of carbonyl (C=O) groups is 2. The van der Waals surface area contributed by atoms with Gasteiger partial charge in [0.25, 0.3) is 0 Å². The molecule has 0 saturated heterocycles. The van der Waals surface area contributed by atoms with Gasteiger partial charge < -0.3 is 15.4 Å². The number of rotatable bonds is 3. The van der Waals surface area contributed by atoms with Crippen LogP contribution in [0.5, 0.6) is 0 Å². The fourth-order valence-corrected chi connectivity index (χ4v) is 3.53. The summed E-state index contributed by atoms with van der Waals surface area (Å²) in [7, 11) is 0. The third-order valence-electron chi connectivity index (χ3n) is 3.71. The van der Waals surface area contributed by atoms with Gasteiger partial charge in [0.1, 0.15) is 6.61 Å². The van der Waals surface area contributed by atoms with Crippen molar-refractivity contribution < 1.29 is 27.5 Å². The minimum absolute atomic E-state index is 0.0711. The van der Waals surface area contributed by atoms with Crippen molar-refractivity contribution in [2.75, 3.05) is 5.32 Å². The van der Waals surface area contributed by atoms with Crippen LogP contribution in [0.25, 0.3) is 0 Å². The van der Waals surface area contributed by atoms with Crippen molar-refractivity contribution in [3.05, 3.63) is 59.7 Å². The number of alkyl halides is 3. The van der Waals surface area contributed by atoms with E-state index < -0.39 is 29.1 Å². The van der Waals surface area contributed by atoms with Crippen molar-refractivity contribution in [3.8, 4) is 0 Å². The second kappa shape index (κ2) is 7.91. The minimum atomic E-state index is -4.50. The molecule has 2 amide bonds. The molecule has 0 unspecified atom stereocenters. The molecule has 0 spiro atoms. The summed E-state index contributed by atoms with van der Waals surface area (Å²) >= 11 is 1.09. The molecule has 142 valence electrons. The highest BCUT2D eigenvalue weighted by molar-refractivity contribution is 8.00. The van der Waals surface area contributed by atoms with Crippen molar-refractivity contribution in [2.24, 2.45) is 0 Å². The van der Waals surface area contributed by atoms with Crippen molar-refractivity contribution in [2.45, 2.75) is 29.5 Å². The Labute approximate surface area is 157 Å². The van der Waals surface area contributed by atoms with E-state index in [1.807, 2.05) is 18.2 Å². The maximum atomic E-state index is 12.8. The second-order valence-electron chi connectivity index (χ2n) is 5.77. The smallest absolute Gasteiger partial charge is 0.416 e. The van der Waals surface area contributed by atoms with Crippen LogP contribution in [0.2, 0.25) is 0 Å². The van der Waals surface area contributed by atoms with Gasteiger partial charge in [-0.25, -0.2) is 4.79 Å².